The predicted octanol–water partition coefficient (Wildman–Crippen LogP) is 4.08. The van der Waals surface area contributed by atoms with E-state index in [1.807, 2.05) is 0 Å². The maximum absolute atomic E-state index is 11.6. The van der Waals surface area contributed by atoms with Crippen LogP contribution in [0.25, 0.3) is 0 Å². The molecule has 0 saturated carbocycles. The Hall–Kier alpha value is -2.14. The number of carbonyl (C=O) groups is 1. The SMILES string of the molecule is CCOC(=O)c1cccc(N=Cc2cc(Br)ccc2O)c1. The van der Waals surface area contributed by atoms with Gasteiger partial charge in [0.1, 0.15) is 5.75 Å². The Balaban J connectivity index is 2.23. The summed E-state index contributed by atoms with van der Waals surface area (Å²) in [5.41, 5.74) is 1.65. The number of rotatable bonds is 4. The van der Waals surface area contributed by atoms with Crippen molar-refractivity contribution in [2.45, 2.75) is 6.92 Å². The second-order valence-electron chi connectivity index (χ2n) is 4.23. The Morgan fingerprint density at radius 2 is 2.14 bits per heavy atom. The fraction of sp³-hybridized carbons (Fsp3) is 0.125. The lowest BCUT2D eigenvalue weighted by Gasteiger charge is -2.02. The van der Waals surface area contributed by atoms with Crippen molar-refractivity contribution in [2.75, 3.05) is 6.61 Å². The van der Waals surface area contributed by atoms with Crippen molar-refractivity contribution in [3.63, 3.8) is 0 Å². The number of phenols is 1. The van der Waals surface area contributed by atoms with Gasteiger partial charge in [0, 0.05) is 16.3 Å². The number of esters is 1. The van der Waals surface area contributed by atoms with Gasteiger partial charge in [-0.05, 0) is 43.3 Å². The molecule has 0 bridgehead atoms. The van der Waals surface area contributed by atoms with Crippen molar-refractivity contribution in [1.29, 1.82) is 0 Å². The summed E-state index contributed by atoms with van der Waals surface area (Å²) < 4.78 is 5.79. The van der Waals surface area contributed by atoms with Gasteiger partial charge in [0.15, 0.2) is 0 Å². The number of hydrogen-bond donors (Lipinski definition) is 1. The van der Waals surface area contributed by atoms with Gasteiger partial charge in [-0.15, -0.1) is 0 Å². The molecule has 0 aliphatic rings. The summed E-state index contributed by atoms with van der Waals surface area (Å²) >= 11 is 3.34. The van der Waals surface area contributed by atoms with E-state index in [9.17, 15) is 9.90 Å². The maximum Gasteiger partial charge on any atom is 0.338 e. The minimum atomic E-state index is -0.375. The van der Waals surface area contributed by atoms with Crippen LogP contribution < -0.4 is 0 Å². The molecular formula is C16H14BrNO3. The van der Waals surface area contributed by atoms with Gasteiger partial charge in [-0.1, -0.05) is 22.0 Å². The molecule has 5 heteroatoms. The van der Waals surface area contributed by atoms with Crippen LogP contribution in [0.2, 0.25) is 0 Å². The van der Waals surface area contributed by atoms with E-state index in [4.69, 9.17) is 4.74 Å². The van der Waals surface area contributed by atoms with E-state index in [2.05, 4.69) is 20.9 Å². The van der Waals surface area contributed by atoms with E-state index in [0.717, 1.165) is 4.47 Å². The van der Waals surface area contributed by atoms with E-state index in [1.165, 1.54) is 0 Å². The molecule has 0 fully saturated rings. The molecule has 0 atom stereocenters. The van der Waals surface area contributed by atoms with Gasteiger partial charge in [-0.3, -0.25) is 4.99 Å². The van der Waals surface area contributed by atoms with Crippen molar-refractivity contribution in [3.05, 3.63) is 58.1 Å². The third kappa shape index (κ3) is 4.16. The summed E-state index contributed by atoms with van der Waals surface area (Å²) in [6.45, 7) is 2.09. The van der Waals surface area contributed by atoms with Crippen LogP contribution in [-0.2, 0) is 4.74 Å². The van der Waals surface area contributed by atoms with Crippen LogP contribution in [-0.4, -0.2) is 23.9 Å². The Morgan fingerprint density at radius 1 is 1.33 bits per heavy atom. The molecule has 0 saturated heterocycles. The quantitative estimate of drug-likeness (QED) is 0.669. The van der Waals surface area contributed by atoms with Gasteiger partial charge < -0.3 is 9.84 Å². The van der Waals surface area contributed by atoms with Crippen LogP contribution in [0.5, 0.6) is 5.75 Å². The number of aliphatic imine (C=N–C) groups is 1. The number of hydrogen-bond acceptors (Lipinski definition) is 4. The van der Waals surface area contributed by atoms with Crippen LogP contribution in [0.3, 0.4) is 0 Å². The van der Waals surface area contributed by atoms with Crippen LogP contribution in [0.4, 0.5) is 5.69 Å². The van der Waals surface area contributed by atoms with Gasteiger partial charge in [0.05, 0.1) is 17.9 Å². The summed E-state index contributed by atoms with van der Waals surface area (Å²) in [6.07, 6.45) is 1.55. The van der Waals surface area contributed by atoms with Gasteiger partial charge in [0.2, 0.25) is 0 Å². The Kier molecular flexibility index (Phi) is 5.11. The van der Waals surface area contributed by atoms with Crippen molar-refractivity contribution in [1.82, 2.24) is 0 Å². The molecular weight excluding hydrogens is 334 g/mol. The molecule has 2 aromatic carbocycles. The maximum atomic E-state index is 11.6. The molecule has 0 amide bonds. The molecule has 0 spiro atoms. The Labute approximate surface area is 131 Å². The van der Waals surface area contributed by atoms with Gasteiger partial charge in [-0.2, -0.15) is 0 Å². The predicted molar refractivity (Wildman–Crippen MR) is 85.5 cm³/mol. The van der Waals surface area contributed by atoms with E-state index in [-0.39, 0.29) is 11.7 Å². The molecule has 0 aromatic heterocycles. The normalized spacial score (nSPS) is 10.8. The second-order valence-corrected chi connectivity index (χ2v) is 5.15. The average Bonchev–Trinajstić information content (AvgIpc) is 2.49. The molecule has 4 nitrogen and oxygen atoms in total. The Bertz CT molecular complexity index is 683. The first-order valence-electron chi connectivity index (χ1n) is 6.40. The molecule has 0 radical (unpaired) electrons. The highest BCUT2D eigenvalue weighted by atomic mass is 79.9. The highest BCUT2D eigenvalue weighted by Crippen LogP contribution is 2.21. The molecule has 1 N–H and O–H groups in total. The minimum absolute atomic E-state index is 0.142. The first kappa shape index (κ1) is 15.3. The van der Waals surface area contributed by atoms with Gasteiger partial charge in [0.25, 0.3) is 0 Å². The zero-order valence-corrected chi connectivity index (χ0v) is 13.0. The summed E-state index contributed by atoms with van der Waals surface area (Å²) in [7, 11) is 0. The number of aromatic hydroxyl groups is 1. The van der Waals surface area contributed by atoms with Crippen LogP contribution >= 0.6 is 15.9 Å². The third-order valence-electron chi connectivity index (χ3n) is 2.70. The van der Waals surface area contributed by atoms with Crippen LogP contribution in [0.15, 0.2) is 51.9 Å². The van der Waals surface area contributed by atoms with E-state index in [1.54, 1.807) is 55.6 Å². The monoisotopic (exact) mass is 347 g/mol. The summed E-state index contributed by atoms with van der Waals surface area (Å²) in [6, 6.07) is 11.9. The van der Waals surface area contributed by atoms with E-state index in [0.29, 0.717) is 23.4 Å². The smallest absolute Gasteiger partial charge is 0.338 e. The van der Waals surface area contributed by atoms with Crippen molar-refractivity contribution >= 4 is 33.8 Å². The lowest BCUT2D eigenvalue weighted by Crippen LogP contribution is -2.03. The molecule has 108 valence electrons. The highest BCUT2D eigenvalue weighted by Gasteiger charge is 2.06. The third-order valence-corrected chi connectivity index (χ3v) is 3.19. The fourth-order valence-electron chi connectivity index (χ4n) is 1.70. The molecule has 2 aromatic rings. The van der Waals surface area contributed by atoms with E-state index < -0.39 is 0 Å². The second kappa shape index (κ2) is 7.04. The molecule has 0 heterocycles. The lowest BCUT2D eigenvalue weighted by atomic mass is 10.2. The summed E-state index contributed by atoms with van der Waals surface area (Å²) in [4.78, 5) is 15.9. The molecule has 0 unspecified atom stereocenters. The van der Waals surface area contributed by atoms with Crippen molar-refractivity contribution in [3.8, 4) is 5.75 Å². The number of carbonyl (C=O) groups excluding carboxylic acids is 1. The first-order chi connectivity index (χ1) is 10.1. The number of ether oxygens (including phenoxy) is 1. The summed E-state index contributed by atoms with van der Waals surface area (Å²) in [5, 5.41) is 9.74. The zero-order valence-electron chi connectivity index (χ0n) is 11.4. The molecule has 0 aliphatic carbocycles. The molecule has 21 heavy (non-hydrogen) atoms. The number of phenolic OH excluding ortho intramolecular Hbond substituents is 1. The van der Waals surface area contributed by atoms with Crippen LogP contribution in [0.1, 0.15) is 22.8 Å². The standard InChI is InChI=1S/C16H14BrNO3/c1-2-21-16(20)11-4-3-5-14(9-11)18-10-12-8-13(17)6-7-15(12)19/h3-10,19H,2H2,1H3. The fourth-order valence-corrected chi connectivity index (χ4v) is 2.08. The number of halogens is 1. The van der Waals surface area contributed by atoms with Crippen molar-refractivity contribution < 1.29 is 14.6 Å². The first-order valence-corrected chi connectivity index (χ1v) is 7.19. The topological polar surface area (TPSA) is 58.9 Å². The molecule has 0 aliphatic heterocycles. The highest BCUT2D eigenvalue weighted by molar-refractivity contribution is 9.10. The van der Waals surface area contributed by atoms with Crippen molar-refractivity contribution in [2.24, 2.45) is 4.99 Å². The summed E-state index contributed by atoms with van der Waals surface area (Å²) in [5.74, 6) is -0.233. The number of benzene rings is 2. The Morgan fingerprint density at radius 3 is 2.90 bits per heavy atom. The number of nitrogens with zero attached hydrogens (tertiary/aromatic N) is 1. The lowest BCUT2D eigenvalue weighted by molar-refractivity contribution is 0.0526. The largest absolute Gasteiger partial charge is 0.507 e. The minimum Gasteiger partial charge on any atom is -0.507 e. The molecule has 2 rings (SSSR count). The van der Waals surface area contributed by atoms with Gasteiger partial charge in [-0.25, -0.2) is 4.79 Å². The zero-order chi connectivity index (χ0) is 15.2. The van der Waals surface area contributed by atoms with Crippen LogP contribution in [0, 0.1) is 0 Å². The average molecular weight is 348 g/mol. The van der Waals surface area contributed by atoms with Gasteiger partial charge >= 0.3 is 5.97 Å². The van der Waals surface area contributed by atoms with E-state index >= 15 is 0 Å².